The standard InChI is InChI=1S/C23H28ClFN4O2S/c1-16-3-5-19(13-17(16)2)32(30,31)29-11-7-23(8-12-29)22(26-9-10-28-23)27-15-18-4-6-21(25)20(24)14-18/h3-6,13-14,28H,7-12,15H2,1-2H3,(H,26,27). The lowest BCUT2D eigenvalue weighted by Gasteiger charge is -2.44. The molecule has 2 heterocycles. The van der Waals surface area contributed by atoms with E-state index < -0.39 is 21.4 Å². The maximum atomic E-state index is 13.4. The first kappa shape index (κ1) is 23.2. The zero-order valence-corrected chi connectivity index (χ0v) is 19.9. The lowest BCUT2D eigenvalue weighted by Crippen LogP contribution is -2.64. The van der Waals surface area contributed by atoms with Crippen molar-refractivity contribution in [3.8, 4) is 0 Å². The molecule has 1 spiro atoms. The van der Waals surface area contributed by atoms with E-state index in [9.17, 15) is 12.8 Å². The summed E-state index contributed by atoms with van der Waals surface area (Å²) in [6.45, 7) is 6.58. The molecule has 0 bridgehead atoms. The molecular formula is C23H28ClFN4O2S. The highest BCUT2D eigenvalue weighted by molar-refractivity contribution is 7.89. The van der Waals surface area contributed by atoms with Gasteiger partial charge >= 0.3 is 0 Å². The lowest BCUT2D eigenvalue weighted by molar-refractivity contribution is 0.241. The first-order chi connectivity index (χ1) is 15.2. The van der Waals surface area contributed by atoms with Crippen molar-refractivity contribution < 1.29 is 12.8 Å². The van der Waals surface area contributed by atoms with Gasteiger partial charge in [0, 0.05) is 26.2 Å². The molecule has 0 radical (unpaired) electrons. The molecule has 1 fully saturated rings. The lowest BCUT2D eigenvalue weighted by atomic mass is 9.85. The maximum Gasteiger partial charge on any atom is 0.243 e. The van der Waals surface area contributed by atoms with Gasteiger partial charge < -0.3 is 10.6 Å². The van der Waals surface area contributed by atoms with Gasteiger partial charge in [-0.3, -0.25) is 4.99 Å². The molecule has 4 rings (SSSR count). The van der Waals surface area contributed by atoms with Crippen LogP contribution in [-0.4, -0.2) is 50.3 Å². The molecule has 0 unspecified atom stereocenters. The van der Waals surface area contributed by atoms with Gasteiger partial charge in [-0.05, 0) is 67.6 Å². The Morgan fingerprint density at radius 3 is 2.59 bits per heavy atom. The van der Waals surface area contributed by atoms with Crippen molar-refractivity contribution in [3.63, 3.8) is 0 Å². The minimum atomic E-state index is -3.54. The zero-order valence-electron chi connectivity index (χ0n) is 18.3. The van der Waals surface area contributed by atoms with E-state index in [4.69, 9.17) is 16.6 Å². The highest BCUT2D eigenvalue weighted by atomic mass is 35.5. The van der Waals surface area contributed by atoms with E-state index in [1.165, 1.54) is 6.07 Å². The molecule has 0 saturated carbocycles. The van der Waals surface area contributed by atoms with Crippen molar-refractivity contribution >= 4 is 27.5 Å². The normalized spacial score (nSPS) is 19.1. The second-order valence-electron chi connectivity index (χ2n) is 8.49. The van der Waals surface area contributed by atoms with Crippen LogP contribution in [0.3, 0.4) is 0 Å². The van der Waals surface area contributed by atoms with Gasteiger partial charge in [-0.15, -0.1) is 0 Å². The number of hydrogen-bond acceptors (Lipinski definition) is 5. The Morgan fingerprint density at radius 1 is 1.16 bits per heavy atom. The number of benzene rings is 2. The number of piperidine rings is 1. The van der Waals surface area contributed by atoms with Crippen LogP contribution in [0.2, 0.25) is 5.02 Å². The predicted molar refractivity (Wildman–Crippen MR) is 125 cm³/mol. The second-order valence-corrected chi connectivity index (χ2v) is 10.8. The Labute approximate surface area is 193 Å². The summed E-state index contributed by atoms with van der Waals surface area (Å²) in [6, 6.07) is 9.93. The average molecular weight is 479 g/mol. The summed E-state index contributed by atoms with van der Waals surface area (Å²) in [7, 11) is -3.54. The number of aryl methyl sites for hydroxylation is 2. The molecule has 32 heavy (non-hydrogen) atoms. The Bertz CT molecular complexity index is 1140. The summed E-state index contributed by atoms with van der Waals surface area (Å²) in [6.07, 6.45) is 1.24. The number of rotatable bonds is 4. The molecule has 2 aromatic carbocycles. The second kappa shape index (κ2) is 9.09. The monoisotopic (exact) mass is 478 g/mol. The van der Waals surface area contributed by atoms with Crippen molar-refractivity contribution in [1.82, 2.24) is 14.9 Å². The third-order valence-corrected chi connectivity index (χ3v) is 8.62. The van der Waals surface area contributed by atoms with Gasteiger partial charge in [0.2, 0.25) is 10.0 Å². The largest absolute Gasteiger partial charge is 0.368 e. The molecule has 2 aliphatic rings. The zero-order chi connectivity index (χ0) is 22.9. The van der Waals surface area contributed by atoms with Crippen LogP contribution in [0.4, 0.5) is 4.39 Å². The summed E-state index contributed by atoms with van der Waals surface area (Å²) >= 11 is 5.90. The van der Waals surface area contributed by atoms with Crippen LogP contribution < -0.4 is 10.6 Å². The molecule has 9 heteroatoms. The van der Waals surface area contributed by atoms with E-state index in [2.05, 4.69) is 10.6 Å². The maximum absolute atomic E-state index is 13.4. The number of hydrogen-bond donors (Lipinski definition) is 2. The van der Waals surface area contributed by atoms with Crippen molar-refractivity contribution in [3.05, 3.63) is 63.9 Å². The number of sulfonamides is 1. The minimum Gasteiger partial charge on any atom is -0.368 e. The molecule has 0 aromatic heterocycles. The SMILES string of the molecule is Cc1ccc(S(=O)(=O)N2CCC3(CC2)NCCN=C3NCc2ccc(F)c(Cl)c2)cc1C. The highest BCUT2D eigenvalue weighted by Gasteiger charge is 2.43. The Morgan fingerprint density at radius 2 is 1.91 bits per heavy atom. The molecule has 1 saturated heterocycles. The number of halogens is 2. The fourth-order valence-corrected chi connectivity index (χ4v) is 6.03. The third-order valence-electron chi connectivity index (χ3n) is 6.43. The van der Waals surface area contributed by atoms with Crippen LogP contribution in [0.5, 0.6) is 0 Å². The Hall–Kier alpha value is -2.00. The van der Waals surface area contributed by atoms with Crippen molar-refractivity contribution in [2.24, 2.45) is 4.99 Å². The smallest absolute Gasteiger partial charge is 0.243 e. The van der Waals surface area contributed by atoms with E-state index in [0.717, 1.165) is 29.1 Å². The molecule has 6 nitrogen and oxygen atoms in total. The molecule has 2 aliphatic heterocycles. The summed E-state index contributed by atoms with van der Waals surface area (Å²) < 4.78 is 41.4. The van der Waals surface area contributed by atoms with E-state index in [-0.39, 0.29) is 5.02 Å². The van der Waals surface area contributed by atoms with Crippen LogP contribution in [0, 0.1) is 19.7 Å². The first-order valence-electron chi connectivity index (χ1n) is 10.8. The van der Waals surface area contributed by atoms with E-state index in [1.807, 2.05) is 19.9 Å². The summed E-state index contributed by atoms with van der Waals surface area (Å²) in [4.78, 5) is 5.04. The number of aliphatic imine (C=N–C) groups is 1. The quantitative estimate of drug-likeness (QED) is 0.706. The van der Waals surface area contributed by atoms with Gasteiger partial charge in [-0.1, -0.05) is 23.7 Å². The molecule has 2 aromatic rings. The highest BCUT2D eigenvalue weighted by Crippen LogP contribution is 2.29. The van der Waals surface area contributed by atoms with Gasteiger partial charge in [-0.25, -0.2) is 12.8 Å². The Kier molecular flexibility index (Phi) is 6.58. The van der Waals surface area contributed by atoms with E-state index in [0.29, 0.717) is 43.9 Å². The van der Waals surface area contributed by atoms with Crippen molar-refractivity contribution in [1.29, 1.82) is 0 Å². The molecule has 0 atom stereocenters. The molecular weight excluding hydrogens is 451 g/mol. The van der Waals surface area contributed by atoms with Crippen LogP contribution in [0.25, 0.3) is 0 Å². The molecule has 2 N–H and O–H groups in total. The average Bonchev–Trinajstić information content (AvgIpc) is 2.77. The van der Waals surface area contributed by atoms with Crippen molar-refractivity contribution in [2.75, 3.05) is 26.2 Å². The number of amidine groups is 1. The van der Waals surface area contributed by atoms with Crippen LogP contribution in [0.15, 0.2) is 46.3 Å². The third kappa shape index (κ3) is 4.55. The summed E-state index contributed by atoms with van der Waals surface area (Å²) in [5, 5.41) is 7.04. The Balaban J connectivity index is 1.46. The number of nitrogens with zero attached hydrogens (tertiary/aromatic N) is 2. The van der Waals surface area contributed by atoms with Gasteiger partial charge in [0.05, 0.1) is 22.0 Å². The number of nitrogens with one attached hydrogen (secondary N) is 2. The van der Waals surface area contributed by atoms with Crippen LogP contribution in [0.1, 0.15) is 29.5 Å². The van der Waals surface area contributed by atoms with Crippen LogP contribution >= 0.6 is 11.6 Å². The fraction of sp³-hybridized carbons (Fsp3) is 0.435. The predicted octanol–water partition coefficient (Wildman–Crippen LogP) is 3.41. The molecule has 0 aliphatic carbocycles. The van der Waals surface area contributed by atoms with Crippen molar-refractivity contribution in [2.45, 2.75) is 43.7 Å². The van der Waals surface area contributed by atoms with E-state index in [1.54, 1.807) is 28.6 Å². The van der Waals surface area contributed by atoms with Gasteiger partial charge in [0.1, 0.15) is 11.7 Å². The minimum absolute atomic E-state index is 0.0904. The fourth-order valence-electron chi connectivity index (χ4n) is 4.30. The van der Waals surface area contributed by atoms with Crippen LogP contribution in [-0.2, 0) is 16.6 Å². The molecule has 0 amide bonds. The van der Waals surface area contributed by atoms with E-state index >= 15 is 0 Å². The van der Waals surface area contributed by atoms with Gasteiger partial charge in [0.15, 0.2) is 0 Å². The summed E-state index contributed by atoms with van der Waals surface area (Å²) in [5.41, 5.74) is 2.50. The first-order valence-corrected chi connectivity index (χ1v) is 12.6. The van der Waals surface area contributed by atoms with Gasteiger partial charge in [-0.2, -0.15) is 4.31 Å². The molecule has 172 valence electrons. The topological polar surface area (TPSA) is 73.8 Å². The summed E-state index contributed by atoms with van der Waals surface area (Å²) in [5.74, 6) is 0.383. The van der Waals surface area contributed by atoms with Gasteiger partial charge in [0.25, 0.3) is 0 Å².